The third-order valence-electron chi connectivity index (χ3n) is 4.22. The van der Waals surface area contributed by atoms with Crippen molar-refractivity contribution in [2.24, 2.45) is 5.92 Å². The highest BCUT2D eigenvalue weighted by Gasteiger charge is 2.30. The van der Waals surface area contributed by atoms with Gasteiger partial charge >= 0.3 is 5.97 Å². The van der Waals surface area contributed by atoms with Gasteiger partial charge in [-0.1, -0.05) is 30.5 Å². The zero-order valence-corrected chi connectivity index (χ0v) is 15.4. The smallest absolute Gasteiger partial charge is 0.326 e. The molecule has 1 amide bonds. The van der Waals surface area contributed by atoms with Gasteiger partial charge in [-0.2, -0.15) is 0 Å². The second-order valence-electron chi connectivity index (χ2n) is 6.65. The van der Waals surface area contributed by atoms with Crippen LogP contribution < -0.4 is 10.1 Å². The molecule has 1 atom stereocenters. The molecule has 26 heavy (non-hydrogen) atoms. The lowest BCUT2D eigenvalue weighted by Gasteiger charge is -2.13. The van der Waals surface area contributed by atoms with Crippen molar-refractivity contribution in [1.29, 1.82) is 0 Å². The molecule has 1 aromatic carbocycles. The number of nitrogens with one attached hydrogen (secondary N) is 1. The highest BCUT2D eigenvalue weighted by atomic mass is 32.1. The number of carbonyl (C=O) groups is 2. The second kappa shape index (κ2) is 8.31. The minimum atomic E-state index is -0.976. The molecular formula is C19H22N2O4S. The molecule has 1 fully saturated rings. The van der Waals surface area contributed by atoms with Crippen molar-refractivity contribution in [2.45, 2.75) is 45.3 Å². The summed E-state index contributed by atoms with van der Waals surface area (Å²) in [5.41, 5.74) is 1.80. The third-order valence-corrected chi connectivity index (χ3v) is 5.09. The highest BCUT2D eigenvalue weighted by molar-refractivity contribution is 7.09. The lowest BCUT2D eigenvalue weighted by atomic mass is 10.1. The number of carbonyl (C=O) groups excluding carboxylic acids is 1. The van der Waals surface area contributed by atoms with Crippen molar-refractivity contribution in [3.05, 3.63) is 45.9 Å². The van der Waals surface area contributed by atoms with Crippen LogP contribution in [-0.2, 0) is 22.6 Å². The van der Waals surface area contributed by atoms with Gasteiger partial charge in [0.1, 0.15) is 23.4 Å². The zero-order chi connectivity index (χ0) is 18.5. The number of thiazole rings is 1. The van der Waals surface area contributed by atoms with Crippen molar-refractivity contribution in [3.63, 3.8) is 0 Å². The molecule has 1 unspecified atom stereocenters. The van der Waals surface area contributed by atoms with Gasteiger partial charge < -0.3 is 15.2 Å². The summed E-state index contributed by atoms with van der Waals surface area (Å²) in [5, 5.41) is 14.4. The standard InChI is InChI=1S/C19H22N2O4S/c1-12-2-6-15(7-3-12)25-10-18-20-14(11-26-18)9-17(22)21-16(19(23)24)8-13-4-5-13/h2-3,6-7,11,13,16H,4-5,8-10H2,1H3,(H,21,22)(H,23,24). The maximum absolute atomic E-state index is 12.1. The van der Waals surface area contributed by atoms with Crippen LogP contribution in [0.3, 0.4) is 0 Å². The number of benzene rings is 1. The fourth-order valence-electron chi connectivity index (χ4n) is 2.59. The van der Waals surface area contributed by atoms with E-state index in [9.17, 15) is 14.7 Å². The van der Waals surface area contributed by atoms with Crippen molar-refractivity contribution in [3.8, 4) is 5.75 Å². The van der Waals surface area contributed by atoms with Gasteiger partial charge in [0.25, 0.3) is 0 Å². The number of aromatic nitrogens is 1. The van der Waals surface area contributed by atoms with E-state index >= 15 is 0 Å². The van der Waals surface area contributed by atoms with Crippen LogP contribution >= 0.6 is 11.3 Å². The summed E-state index contributed by atoms with van der Waals surface area (Å²) in [6.07, 6.45) is 2.69. The van der Waals surface area contributed by atoms with Gasteiger partial charge in [-0.3, -0.25) is 4.79 Å². The predicted molar refractivity (Wildman–Crippen MR) is 98.2 cm³/mol. The molecule has 0 saturated heterocycles. The number of rotatable bonds is 9. The summed E-state index contributed by atoms with van der Waals surface area (Å²) < 4.78 is 5.68. The SMILES string of the molecule is Cc1ccc(OCc2nc(CC(=O)NC(CC3CC3)C(=O)O)cs2)cc1. The molecular weight excluding hydrogens is 352 g/mol. The van der Waals surface area contributed by atoms with Crippen molar-refractivity contribution < 1.29 is 19.4 Å². The fraction of sp³-hybridized carbons (Fsp3) is 0.421. The molecule has 0 aliphatic heterocycles. The first-order valence-electron chi connectivity index (χ1n) is 8.64. The summed E-state index contributed by atoms with van der Waals surface area (Å²) in [4.78, 5) is 27.8. The Morgan fingerprint density at radius 1 is 1.35 bits per heavy atom. The average molecular weight is 374 g/mol. The van der Waals surface area contributed by atoms with Gasteiger partial charge in [-0.15, -0.1) is 11.3 Å². The molecule has 2 aromatic rings. The summed E-state index contributed by atoms with van der Waals surface area (Å²) >= 11 is 1.43. The van der Waals surface area contributed by atoms with E-state index in [-0.39, 0.29) is 12.3 Å². The van der Waals surface area contributed by atoms with E-state index in [4.69, 9.17) is 4.74 Å². The molecule has 6 nitrogen and oxygen atoms in total. The number of aryl methyl sites for hydroxylation is 1. The summed E-state index contributed by atoms with van der Waals surface area (Å²) in [6, 6.07) is 6.96. The van der Waals surface area contributed by atoms with Gasteiger partial charge in [0.2, 0.25) is 5.91 Å². The Labute approximate surface area is 156 Å². The van der Waals surface area contributed by atoms with Crippen LogP contribution in [0.1, 0.15) is 35.5 Å². The van der Waals surface area contributed by atoms with Crippen LogP contribution in [0.2, 0.25) is 0 Å². The number of hydrogen-bond donors (Lipinski definition) is 2. The van der Waals surface area contributed by atoms with Crippen LogP contribution in [0.4, 0.5) is 0 Å². The van der Waals surface area contributed by atoms with Crippen LogP contribution in [0, 0.1) is 12.8 Å². The average Bonchev–Trinajstić information content (AvgIpc) is 3.31. The Hall–Kier alpha value is -2.41. The molecule has 1 heterocycles. The first kappa shape index (κ1) is 18.4. The van der Waals surface area contributed by atoms with Crippen molar-refractivity contribution >= 4 is 23.2 Å². The number of hydrogen-bond acceptors (Lipinski definition) is 5. The van der Waals surface area contributed by atoms with Gasteiger partial charge in [0.15, 0.2) is 0 Å². The molecule has 1 saturated carbocycles. The molecule has 1 aliphatic rings. The number of nitrogens with zero attached hydrogens (tertiary/aromatic N) is 1. The molecule has 1 aromatic heterocycles. The number of carboxylic acids is 1. The lowest BCUT2D eigenvalue weighted by Crippen LogP contribution is -2.41. The first-order chi connectivity index (χ1) is 12.5. The van der Waals surface area contributed by atoms with Crippen LogP contribution in [0.15, 0.2) is 29.6 Å². The Morgan fingerprint density at radius 2 is 2.08 bits per heavy atom. The van der Waals surface area contributed by atoms with Crippen LogP contribution in [0.5, 0.6) is 5.75 Å². The first-order valence-corrected chi connectivity index (χ1v) is 9.52. The van der Waals surface area contributed by atoms with E-state index in [1.165, 1.54) is 16.9 Å². The third kappa shape index (κ3) is 5.56. The fourth-order valence-corrected chi connectivity index (χ4v) is 3.30. The van der Waals surface area contributed by atoms with Gasteiger partial charge in [-0.05, 0) is 31.4 Å². The largest absolute Gasteiger partial charge is 0.486 e. The van der Waals surface area contributed by atoms with E-state index in [0.717, 1.165) is 23.6 Å². The van der Waals surface area contributed by atoms with E-state index in [1.807, 2.05) is 36.6 Å². The summed E-state index contributed by atoms with van der Waals surface area (Å²) in [5.74, 6) is -0.0827. The van der Waals surface area contributed by atoms with E-state index in [2.05, 4.69) is 10.3 Å². The minimum Gasteiger partial charge on any atom is -0.486 e. The molecule has 3 rings (SSSR count). The van der Waals surface area contributed by atoms with E-state index < -0.39 is 12.0 Å². The summed E-state index contributed by atoms with van der Waals surface area (Å²) in [7, 11) is 0. The Bertz CT molecular complexity index is 768. The molecule has 138 valence electrons. The monoisotopic (exact) mass is 374 g/mol. The second-order valence-corrected chi connectivity index (χ2v) is 7.59. The van der Waals surface area contributed by atoms with Crippen LogP contribution in [0.25, 0.3) is 0 Å². The highest BCUT2D eigenvalue weighted by Crippen LogP contribution is 2.33. The van der Waals surface area contributed by atoms with E-state index in [1.54, 1.807) is 0 Å². The molecule has 0 spiro atoms. The number of amides is 1. The number of ether oxygens (including phenoxy) is 1. The maximum atomic E-state index is 12.1. The normalized spacial score (nSPS) is 14.7. The predicted octanol–water partition coefficient (Wildman–Crippen LogP) is 2.94. The molecule has 7 heteroatoms. The van der Waals surface area contributed by atoms with Gasteiger partial charge in [0, 0.05) is 5.38 Å². The topological polar surface area (TPSA) is 88.5 Å². The lowest BCUT2D eigenvalue weighted by molar-refractivity contribution is -0.142. The van der Waals surface area contributed by atoms with Crippen molar-refractivity contribution in [1.82, 2.24) is 10.3 Å². The molecule has 0 bridgehead atoms. The Balaban J connectivity index is 1.48. The van der Waals surface area contributed by atoms with Gasteiger partial charge in [-0.25, -0.2) is 9.78 Å². The van der Waals surface area contributed by atoms with Crippen molar-refractivity contribution in [2.75, 3.05) is 0 Å². The molecule has 2 N–H and O–H groups in total. The van der Waals surface area contributed by atoms with Gasteiger partial charge in [0.05, 0.1) is 12.1 Å². The molecule has 0 radical (unpaired) electrons. The number of carboxylic acid groups (broad SMARTS) is 1. The minimum absolute atomic E-state index is 0.0788. The Kier molecular flexibility index (Phi) is 5.88. The van der Waals surface area contributed by atoms with Crippen LogP contribution in [-0.4, -0.2) is 28.0 Å². The quantitative estimate of drug-likeness (QED) is 0.704. The number of aliphatic carboxylic acids is 1. The van der Waals surface area contributed by atoms with E-state index in [0.29, 0.717) is 24.6 Å². The Morgan fingerprint density at radius 3 is 2.73 bits per heavy atom. The summed E-state index contributed by atoms with van der Waals surface area (Å²) in [6.45, 7) is 2.36. The maximum Gasteiger partial charge on any atom is 0.326 e. The molecule has 1 aliphatic carbocycles. The zero-order valence-electron chi connectivity index (χ0n) is 14.6.